The Kier molecular flexibility index (Phi) is 5.29. The van der Waals surface area contributed by atoms with E-state index in [4.69, 9.17) is 4.74 Å². The van der Waals surface area contributed by atoms with E-state index in [1.807, 2.05) is 38.1 Å². The van der Waals surface area contributed by atoms with Crippen molar-refractivity contribution in [2.24, 2.45) is 0 Å². The van der Waals surface area contributed by atoms with Gasteiger partial charge in [-0.3, -0.25) is 0 Å². The van der Waals surface area contributed by atoms with E-state index in [1.165, 1.54) is 0 Å². The Labute approximate surface area is 99.4 Å². The first-order valence-electron chi connectivity index (χ1n) is 5.19. The minimum absolute atomic E-state index is 0.00164. The maximum absolute atomic E-state index is 9.39. The van der Waals surface area contributed by atoms with Crippen molar-refractivity contribution in [3.8, 4) is 0 Å². The lowest BCUT2D eigenvalue weighted by atomic mass is 10.1. The summed E-state index contributed by atoms with van der Waals surface area (Å²) >= 11 is 3.48. The van der Waals surface area contributed by atoms with Gasteiger partial charge in [0.05, 0.1) is 18.8 Å². The van der Waals surface area contributed by atoms with Gasteiger partial charge in [0.1, 0.15) is 0 Å². The van der Waals surface area contributed by atoms with E-state index in [2.05, 4.69) is 15.9 Å². The highest BCUT2D eigenvalue weighted by atomic mass is 79.9. The zero-order valence-electron chi connectivity index (χ0n) is 9.11. The molecule has 0 aromatic heterocycles. The highest BCUT2D eigenvalue weighted by Gasteiger charge is 2.10. The topological polar surface area (TPSA) is 29.5 Å². The predicted octanol–water partition coefficient (Wildman–Crippen LogP) is 3.30. The number of hydrogen-bond acceptors (Lipinski definition) is 2. The smallest absolute Gasteiger partial charge is 0.0809 e. The van der Waals surface area contributed by atoms with Crippen molar-refractivity contribution in [1.82, 2.24) is 0 Å². The van der Waals surface area contributed by atoms with Gasteiger partial charge in [0, 0.05) is 4.47 Å². The highest BCUT2D eigenvalue weighted by molar-refractivity contribution is 9.10. The lowest BCUT2D eigenvalue weighted by molar-refractivity contribution is -0.00400. The SMILES string of the molecule is CC[C@@H](O)CO[C@H](C)c1ccccc1Br. The highest BCUT2D eigenvalue weighted by Crippen LogP contribution is 2.25. The number of benzene rings is 1. The predicted molar refractivity (Wildman–Crippen MR) is 64.8 cm³/mol. The van der Waals surface area contributed by atoms with Crippen molar-refractivity contribution < 1.29 is 9.84 Å². The summed E-state index contributed by atoms with van der Waals surface area (Å²) in [6, 6.07) is 7.97. The second kappa shape index (κ2) is 6.26. The van der Waals surface area contributed by atoms with Crippen molar-refractivity contribution in [3.63, 3.8) is 0 Å². The molecular formula is C12H17BrO2. The van der Waals surface area contributed by atoms with E-state index in [1.54, 1.807) is 0 Å². The summed E-state index contributed by atoms with van der Waals surface area (Å²) in [5, 5.41) is 9.39. The van der Waals surface area contributed by atoms with E-state index in [0.29, 0.717) is 6.61 Å². The van der Waals surface area contributed by atoms with Crippen molar-refractivity contribution >= 4 is 15.9 Å². The number of aliphatic hydroxyl groups is 1. The number of aliphatic hydroxyl groups excluding tert-OH is 1. The fraction of sp³-hybridized carbons (Fsp3) is 0.500. The molecule has 0 bridgehead atoms. The van der Waals surface area contributed by atoms with Gasteiger partial charge in [0.2, 0.25) is 0 Å². The van der Waals surface area contributed by atoms with Gasteiger partial charge >= 0.3 is 0 Å². The van der Waals surface area contributed by atoms with Gasteiger partial charge in [-0.05, 0) is 25.0 Å². The zero-order chi connectivity index (χ0) is 11.3. The molecule has 0 unspecified atom stereocenters. The molecule has 0 saturated heterocycles. The third-order valence-electron chi connectivity index (χ3n) is 2.35. The Hall–Kier alpha value is -0.380. The minimum atomic E-state index is -0.366. The summed E-state index contributed by atoms with van der Waals surface area (Å²) < 4.78 is 6.63. The summed E-state index contributed by atoms with van der Waals surface area (Å²) in [6.45, 7) is 4.32. The van der Waals surface area contributed by atoms with Crippen LogP contribution in [0, 0.1) is 0 Å². The molecule has 0 aliphatic heterocycles. The van der Waals surface area contributed by atoms with Gasteiger partial charge in [-0.1, -0.05) is 41.1 Å². The van der Waals surface area contributed by atoms with Crippen LogP contribution in [0.4, 0.5) is 0 Å². The molecule has 0 radical (unpaired) electrons. The standard InChI is InChI=1S/C12H17BrO2/c1-3-10(14)8-15-9(2)11-6-4-5-7-12(11)13/h4-7,9-10,14H,3,8H2,1-2H3/t9-,10-/m1/s1. The zero-order valence-corrected chi connectivity index (χ0v) is 10.7. The number of hydrogen-bond donors (Lipinski definition) is 1. The third kappa shape index (κ3) is 3.93. The molecule has 0 saturated carbocycles. The van der Waals surface area contributed by atoms with E-state index >= 15 is 0 Å². The first kappa shape index (κ1) is 12.7. The molecule has 84 valence electrons. The number of ether oxygens (including phenoxy) is 1. The van der Waals surface area contributed by atoms with E-state index in [9.17, 15) is 5.11 Å². The van der Waals surface area contributed by atoms with Crippen molar-refractivity contribution in [2.75, 3.05) is 6.61 Å². The summed E-state index contributed by atoms with van der Waals surface area (Å²) in [5.41, 5.74) is 1.11. The van der Waals surface area contributed by atoms with Crippen LogP contribution in [-0.2, 0) is 4.74 Å². The normalized spacial score (nSPS) is 14.9. The first-order chi connectivity index (χ1) is 7.15. The van der Waals surface area contributed by atoms with Gasteiger partial charge in [-0.15, -0.1) is 0 Å². The van der Waals surface area contributed by atoms with Gasteiger partial charge in [-0.25, -0.2) is 0 Å². The Balaban J connectivity index is 2.54. The molecule has 3 heteroatoms. The molecule has 2 atom stereocenters. The molecule has 1 aromatic carbocycles. The van der Waals surface area contributed by atoms with Gasteiger partial charge in [0.25, 0.3) is 0 Å². The minimum Gasteiger partial charge on any atom is -0.391 e. The summed E-state index contributed by atoms with van der Waals surface area (Å²) in [6.07, 6.45) is 0.361. The van der Waals surface area contributed by atoms with E-state index < -0.39 is 0 Å². The number of rotatable bonds is 5. The summed E-state index contributed by atoms with van der Waals surface area (Å²) in [4.78, 5) is 0. The lowest BCUT2D eigenvalue weighted by Crippen LogP contribution is -2.15. The van der Waals surface area contributed by atoms with Crippen LogP contribution in [0.25, 0.3) is 0 Å². The van der Waals surface area contributed by atoms with Crippen LogP contribution in [0.1, 0.15) is 31.9 Å². The molecule has 0 aliphatic carbocycles. The van der Waals surface area contributed by atoms with Crippen LogP contribution in [0.15, 0.2) is 28.7 Å². The molecule has 0 spiro atoms. The second-order valence-electron chi connectivity index (χ2n) is 3.56. The average molecular weight is 273 g/mol. The molecular weight excluding hydrogens is 256 g/mol. The maximum atomic E-state index is 9.39. The van der Waals surface area contributed by atoms with Crippen molar-refractivity contribution in [2.45, 2.75) is 32.5 Å². The summed E-state index contributed by atoms with van der Waals surface area (Å²) in [5.74, 6) is 0. The quantitative estimate of drug-likeness (QED) is 0.892. The maximum Gasteiger partial charge on any atom is 0.0809 e. The Morgan fingerprint density at radius 1 is 1.40 bits per heavy atom. The van der Waals surface area contributed by atoms with E-state index in [0.717, 1.165) is 16.5 Å². The van der Waals surface area contributed by atoms with Crippen LogP contribution < -0.4 is 0 Å². The van der Waals surface area contributed by atoms with Crippen LogP contribution >= 0.6 is 15.9 Å². The Bertz CT molecular complexity index is 301. The van der Waals surface area contributed by atoms with E-state index in [-0.39, 0.29) is 12.2 Å². The number of halogens is 1. The third-order valence-corrected chi connectivity index (χ3v) is 3.08. The van der Waals surface area contributed by atoms with Gasteiger partial charge in [-0.2, -0.15) is 0 Å². The van der Waals surface area contributed by atoms with Crippen molar-refractivity contribution in [3.05, 3.63) is 34.3 Å². The fourth-order valence-corrected chi connectivity index (χ4v) is 1.87. The average Bonchev–Trinajstić information content (AvgIpc) is 2.26. The van der Waals surface area contributed by atoms with Crippen LogP contribution in [0.5, 0.6) is 0 Å². The lowest BCUT2D eigenvalue weighted by Gasteiger charge is -2.17. The van der Waals surface area contributed by atoms with Crippen LogP contribution in [-0.4, -0.2) is 17.8 Å². The molecule has 0 aliphatic rings. The molecule has 1 aromatic rings. The van der Waals surface area contributed by atoms with Crippen molar-refractivity contribution in [1.29, 1.82) is 0 Å². The Morgan fingerprint density at radius 2 is 2.07 bits per heavy atom. The fourth-order valence-electron chi connectivity index (χ4n) is 1.27. The molecule has 0 fully saturated rings. The summed E-state index contributed by atoms with van der Waals surface area (Å²) in [7, 11) is 0. The second-order valence-corrected chi connectivity index (χ2v) is 4.41. The Morgan fingerprint density at radius 3 is 2.67 bits per heavy atom. The van der Waals surface area contributed by atoms with Gasteiger partial charge in [0.15, 0.2) is 0 Å². The first-order valence-corrected chi connectivity index (χ1v) is 5.98. The largest absolute Gasteiger partial charge is 0.391 e. The molecule has 0 amide bonds. The molecule has 2 nitrogen and oxygen atoms in total. The van der Waals surface area contributed by atoms with Crippen LogP contribution in [0.3, 0.4) is 0 Å². The molecule has 15 heavy (non-hydrogen) atoms. The van der Waals surface area contributed by atoms with Crippen LogP contribution in [0.2, 0.25) is 0 Å². The molecule has 1 N–H and O–H groups in total. The molecule has 1 rings (SSSR count). The monoisotopic (exact) mass is 272 g/mol. The molecule has 0 heterocycles. The van der Waals surface area contributed by atoms with Gasteiger partial charge < -0.3 is 9.84 Å².